The maximum atomic E-state index is 13.6. The summed E-state index contributed by atoms with van der Waals surface area (Å²) in [6.45, 7) is 1.43. The average Bonchev–Trinajstić information content (AvgIpc) is 3.46. The fourth-order valence-corrected chi connectivity index (χ4v) is 5.62. The second-order valence-electron chi connectivity index (χ2n) is 8.76. The van der Waals surface area contributed by atoms with Crippen LogP contribution in [0.4, 0.5) is 0 Å². The first kappa shape index (κ1) is 21.9. The van der Waals surface area contributed by atoms with Crippen LogP contribution in [0.3, 0.4) is 0 Å². The monoisotopic (exact) mass is 482 g/mol. The molecule has 5 rings (SSSR count). The zero-order chi connectivity index (χ0) is 23.4. The molecule has 2 fully saturated rings. The Morgan fingerprint density at radius 1 is 0.970 bits per heavy atom. The van der Waals surface area contributed by atoms with Crippen LogP contribution in [0.25, 0.3) is 0 Å². The van der Waals surface area contributed by atoms with Gasteiger partial charge < -0.3 is 0 Å². The summed E-state index contributed by atoms with van der Waals surface area (Å²) in [6.07, 6.45) is 4.71. The molecule has 168 valence electrons. The highest BCUT2D eigenvalue weighted by atomic mass is 35.5. The van der Waals surface area contributed by atoms with Gasteiger partial charge >= 0.3 is 0 Å². The van der Waals surface area contributed by atoms with Gasteiger partial charge in [-0.05, 0) is 43.4 Å². The number of ketones is 1. The summed E-state index contributed by atoms with van der Waals surface area (Å²) in [4.78, 5) is 53.4. The first-order chi connectivity index (χ1) is 15.8. The Morgan fingerprint density at radius 2 is 1.58 bits per heavy atom. The molecular weight excluding hydrogens is 463 g/mol. The number of hydrazine groups is 1. The van der Waals surface area contributed by atoms with Crippen molar-refractivity contribution in [3.8, 4) is 0 Å². The van der Waals surface area contributed by atoms with Crippen molar-refractivity contribution in [1.82, 2.24) is 10.0 Å². The Bertz CT molecular complexity index is 1190. The normalized spacial score (nSPS) is 25.0. The summed E-state index contributed by atoms with van der Waals surface area (Å²) in [5.74, 6) is -3.05. The lowest BCUT2D eigenvalue weighted by Crippen LogP contribution is -2.52. The summed E-state index contributed by atoms with van der Waals surface area (Å²) in [7, 11) is 0. The quantitative estimate of drug-likeness (QED) is 0.360. The molecule has 0 radical (unpaired) electrons. The van der Waals surface area contributed by atoms with Gasteiger partial charge in [-0.15, -0.1) is 0 Å². The van der Waals surface area contributed by atoms with Gasteiger partial charge in [-0.1, -0.05) is 65.2 Å². The van der Waals surface area contributed by atoms with Gasteiger partial charge in [0.05, 0.1) is 22.4 Å². The number of aryl methyl sites for hydroxylation is 1. The molecule has 0 spiro atoms. The van der Waals surface area contributed by atoms with Crippen molar-refractivity contribution in [2.75, 3.05) is 6.54 Å². The van der Waals surface area contributed by atoms with Gasteiger partial charge in [0.1, 0.15) is 6.54 Å². The maximum absolute atomic E-state index is 13.6. The number of carbonyl (C=O) groups excluding carboxylic acids is 4. The van der Waals surface area contributed by atoms with Crippen LogP contribution in [0.15, 0.2) is 54.6 Å². The van der Waals surface area contributed by atoms with Gasteiger partial charge in [0.2, 0.25) is 0 Å². The zero-order valence-corrected chi connectivity index (χ0v) is 19.2. The summed E-state index contributed by atoms with van der Waals surface area (Å²) in [6, 6.07) is 11.2. The van der Waals surface area contributed by atoms with E-state index < -0.39 is 41.9 Å². The fourth-order valence-electron chi connectivity index (χ4n) is 5.13. The highest BCUT2D eigenvalue weighted by molar-refractivity contribution is 6.36. The number of halogens is 2. The number of hydrogen-bond acceptors (Lipinski definition) is 4. The predicted octanol–water partition coefficient (Wildman–Crippen LogP) is 4.35. The smallest absolute Gasteiger partial charge is 0.274 e. The van der Waals surface area contributed by atoms with Crippen LogP contribution in [-0.2, 0) is 9.59 Å². The molecule has 4 atom stereocenters. The van der Waals surface area contributed by atoms with E-state index in [0.717, 1.165) is 22.0 Å². The second kappa shape index (κ2) is 8.12. The lowest BCUT2D eigenvalue weighted by atomic mass is 9.85. The topological polar surface area (TPSA) is 74.8 Å². The van der Waals surface area contributed by atoms with Crippen LogP contribution < -0.4 is 0 Å². The number of allylic oxidation sites excluding steroid dienone is 2. The van der Waals surface area contributed by atoms with Crippen molar-refractivity contribution in [3.05, 3.63) is 81.4 Å². The van der Waals surface area contributed by atoms with E-state index in [2.05, 4.69) is 0 Å². The SMILES string of the molecule is Cc1ccc(C(=O)CN(C(=O)c2ccc(Cl)cc2Cl)N2C(=O)[C@H]3[C@H](C2=O)[C@H]2C=C[C@H]3C2)cc1. The Hall–Kier alpha value is -2.96. The molecular formula is C25H20Cl2N2O4. The minimum atomic E-state index is -0.709. The molecule has 3 aliphatic rings. The molecule has 6 nitrogen and oxygen atoms in total. The number of nitrogens with zero attached hydrogens (tertiary/aromatic N) is 2. The summed E-state index contributed by atoms with van der Waals surface area (Å²) in [5.41, 5.74) is 1.41. The maximum Gasteiger partial charge on any atom is 0.274 e. The third kappa shape index (κ3) is 3.58. The van der Waals surface area contributed by atoms with E-state index in [1.165, 1.54) is 18.2 Å². The van der Waals surface area contributed by atoms with Crippen LogP contribution in [0.5, 0.6) is 0 Å². The van der Waals surface area contributed by atoms with E-state index in [0.29, 0.717) is 10.6 Å². The van der Waals surface area contributed by atoms with Crippen LogP contribution in [0.1, 0.15) is 32.7 Å². The summed E-state index contributed by atoms with van der Waals surface area (Å²) < 4.78 is 0. The van der Waals surface area contributed by atoms with Crippen molar-refractivity contribution in [3.63, 3.8) is 0 Å². The molecule has 1 aliphatic heterocycles. The number of hydrogen-bond donors (Lipinski definition) is 0. The van der Waals surface area contributed by atoms with Crippen LogP contribution >= 0.6 is 23.2 Å². The standard InChI is InChI=1S/C25H20Cl2N2O4/c1-13-2-4-14(5-3-13)20(30)12-28(23(31)18-9-8-17(26)11-19(18)27)29-24(32)21-15-6-7-16(10-15)22(21)25(29)33/h2-9,11,15-16,21-22H,10,12H2,1H3/t15-,16-,21+,22+/m0/s1. The number of imide groups is 1. The molecule has 1 saturated heterocycles. The molecule has 8 heteroatoms. The van der Waals surface area contributed by atoms with Gasteiger partial charge in [0.15, 0.2) is 5.78 Å². The molecule has 0 aromatic heterocycles. The van der Waals surface area contributed by atoms with Crippen molar-refractivity contribution in [1.29, 1.82) is 0 Å². The van der Waals surface area contributed by atoms with Crippen molar-refractivity contribution in [2.45, 2.75) is 13.3 Å². The number of benzene rings is 2. The molecule has 3 amide bonds. The van der Waals surface area contributed by atoms with Crippen LogP contribution in [0.2, 0.25) is 10.0 Å². The Kier molecular flexibility index (Phi) is 5.38. The molecule has 2 bridgehead atoms. The molecule has 1 heterocycles. The van der Waals surface area contributed by atoms with Gasteiger partial charge in [0.25, 0.3) is 17.7 Å². The Morgan fingerprint density at radius 3 is 2.15 bits per heavy atom. The number of carbonyl (C=O) groups is 4. The fraction of sp³-hybridized carbons (Fsp3) is 0.280. The lowest BCUT2D eigenvalue weighted by molar-refractivity contribution is -0.154. The van der Waals surface area contributed by atoms with E-state index in [1.807, 2.05) is 19.1 Å². The minimum Gasteiger partial charge on any atom is -0.292 e. The molecule has 0 unspecified atom stereocenters. The van der Waals surface area contributed by atoms with E-state index >= 15 is 0 Å². The molecule has 33 heavy (non-hydrogen) atoms. The number of Topliss-reactive ketones (excluding diaryl/α,β-unsaturated/α-hetero) is 1. The van der Waals surface area contributed by atoms with E-state index in [-0.39, 0.29) is 22.4 Å². The molecule has 2 aromatic carbocycles. The highest BCUT2D eigenvalue weighted by Gasteiger charge is 2.61. The zero-order valence-electron chi connectivity index (χ0n) is 17.7. The van der Waals surface area contributed by atoms with Crippen molar-refractivity contribution in [2.24, 2.45) is 23.7 Å². The van der Waals surface area contributed by atoms with Crippen LogP contribution in [-0.4, -0.2) is 40.1 Å². The number of amides is 3. The second-order valence-corrected chi connectivity index (χ2v) is 9.61. The van der Waals surface area contributed by atoms with Crippen molar-refractivity contribution >= 4 is 46.7 Å². The molecule has 1 saturated carbocycles. The third-order valence-corrected chi connectivity index (χ3v) is 7.30. The van der Waals surface area contributed by atoms with E-state index in [1.54, 1.807) is 24.3 Å². The number of fused-ring (bicyclic) bond motifs is 5. The predicted molar refractivity (Wildman–Crippen MR) is 123 cm³/mol. The highest BCUT2D eigenvalue weighted by Crippen LogP contribution is 2.52. The lowest BCUT2D eigenvalue weighted by Gasteiger charge is -2.31. The summed E-state index contributed by atoms with van der Waals surface area (Å²) in [5, 5.41) is 2.23. The molecule has 0 N–H and O–H groups in total. The van der Waals surface area contributed by atoms with E-state index in [4.69, 9.17) is 23.2 Å². The summed E-state index contributed by atoms with van der Waals surface area (Å²) >= 11 is 12.2. The van der Waals surface area contributed by atoms with Gasteiger partial charge in [-0.2, -0.15) is 5.01 Å². The largest absolute Gasteiger partial charge is 0.292 e. The third-order valence-electron chi connectivity index (χ3n) is 6.75. The van der Waals surface area contributed by atoms with Gasteiger partial charge in [-0.25, -0.2) is 5.01 Å². The van der Waals surface area contributed by atoms with Gasteiger partial charge in [0, 0.05) is 10.6 Å². The minimum absolute atomic E-state index is 0.0229. The van der Waals surface area contributed by atoms with Gasteiger partial charge in [-0.3, -0.25) is 19.2 Å². The first-order valence-corrected chi connectivity index (χ1v) is 11.4. The van der Waals surface area contributed by atoms with Crippen molar-refractivity contribution < 1.29 is 19.2 Å². The van der Waals surface area contributed by atoms with E-state index in [9.17, 15) is 19.2 Å². The average molecular weight is 483 g/mol. The Labute approximate surface area is 200 Å². The molecule has 2 aliphatic carbocycles. The number of rotatable bonds is 5. The van der Waals surface area contributed by atoms with Crippen LogP contribution in [0, 0.1) is 30.6 Å². The molecule has 2 aromatic rings. The first-order valence-electron chi connectivity index (χ1n) is 10.7. The Balaban J connectivity index is 1.52.